The standard InChI is InChI=1S/C19H19F2N5O.H2/c1-12-3-15(8-16(4-12)25-9-18(10-25)27-2)23-19-22-11-26(24-19)17-6-13(20)5-14(21)7-17;/h3-8,11,18H,9-10H2,1-2H3,(H,23,24);1H. The van der Waals surface area contributed by atoms with Crippen LogP contribution in [0.1, 0.15) is 6.99 Å². The van der Waals surface area contributed by atoms with Crippen molar-refractivity contribution in [1.29, 1.82) is 0 Å². The summed E-state index contributed by atoms with van der Waals surface area (Å²) in [6, 6.07) is 9.32. The molecule has 1 aromatic heterocycles. The zero-order valence-electron chi connectivity index (χ0n) is 15.0. The van der Waals surface area contributed by atoms with Crippen LogP contribution >= 0.6 is 0 Å². The van der Waals surface area contributed by atoms with Crippen LogP contribution in [0.3, 0.4) is 0 Å². The van der Waals surface area contributed by atoms with Gasteiger partial charge < -0.3 is 15.0 Å². The SMILES string of the molecule is COC1CN(c2cc(C)cc(Nc3ncn(-c4cc(F)cc(F)c4)n3)c2)C1.[HH]. The lowest BCUT2D eigenvalue weighted by atomic mass is 10.1. The van der Waals surface area contributed by atoms with Crippen molar-refractivity contribution >= 4 is 17.3 Å². The summed E-state index contributed by atoms with van der Waals surface area (Å²) in [7, 11) is 1.72. The molecule has 1 saturated heterocycles. The lowest BCUT2D eigenvalue weighted by Gasteiger charge is -2.40. The predicted octanol–water partition coefficient (Wildman–Crippen LogP) is 3.68. The monoisotopic (exact) mass is 373 g/mol. The lowest BCUT2D eigenvalue weighted by Crippen LogP contribution is -2.51. The van der Waals surface area contributed by atoms with Gasteiger partial charge in [0.2, 0.25) is 5.95 Å². The summed E-state index contributed by atoms with van der Waals surface area (Å²) in [6.07, 6.45) is 1.68. The van der Waals surface area contributed by atoms with Gasteiger partial charge >= 0.3 is 0 Å². The van der Waals surface area contributed by atoms with E-state index in [0.29, 0.717) is 5.95 Å². The van der Waals surface area contributed by atoms with Crippen LogP contribution in [-0.4, -0.2) is 41.1 Å². The highest BCUT2D eigenvalue weighted by atomic mass is 19.1. The van der Waals surface area contributed by atoms with Crippen LogP contribution in [-0.2, 0) is 4.74 Å². The van der Waals surface area contributed by atoms with Crippen molar-refractivity contribution in [1.82, 2.24) is 14.8 Å². The van der Waals surface area contributed by atoms with Gasteiger partial charge in [0, 0.05) is 39.1 Å². The summed E-state index contributed by atoms with van der Waals surface area (Å²) < 4.78 is 33.4. The van der Waals surface area contributed by atoms with Gasteiger partial charge in [-0.15, -0.1) is 5.10 Å². The molecule has 1 aliphatic rings. The summed E-state index contributed by atoms with van der Waals surface area (Å²) in [4.78, 5) is 6.40. The Morgan fingerprint density at radius 2 is 1.81 bits per heavy atom. The van der Waals surface area contributed by atoms with Crippen LogP contribution in [0.4, 0.5) is 26.1 Å². The largest absolute Gasteiger partial charge is 0.378 e. The molecule has 8 heteroatoms. The molecule has 4 rings (SSSR count). The molecule has 0 saturated carbocycles. The number of hydrogen-bond donors (Lipinski definition) is 1. The number of rotatable bonds is 5. The van der Waals surface area contributed by atoms with Gasteiger partial charge in [-0.25, -0.2) is 13.5 Å². The van der Waals surface area contributed by atoms with Crippen molar-refractivity contribution in [3.8, 4) is 5.69 Å². The maximum Gasteiger partial charge on any atom is 0.246 e. The van der Waals surface area contributed by atoms with E-state index >= 15 is 0 Å². The van der Waals surface area contributed by atoms with E-state index in [2.05, 4.69) is 26.4 Å². The molecule has 3 aromatic rings. The first-order valence-electron chi connectivity index (χ1n) is 8.55. The van der Waals surface area contributed by atoms with Gasteiger partial charge in [-0.2, -0.15) is 4.98 Å². The van der Waals surface area contributed by atoms with E-state index in [0.717, 1.165) is 36.1 Å². The Morgan fingerprint density at radius 3 is 2.52 bits per heavy atom. The fraction of sp³-hybridized carbons (Fsp3) is 0.263. The summed E-state index contributed by atoms with van der Waals surface area (Å²) in [5.41, 5.74) is 3.30. The molecule has 0 atom stereocenters. The highest BCUT2D eigenvalue weighted by Crippen LogP contribution is 2.28. The molecule has 0 bridgehead atoms. The minimum atomic E-state index is -0.665. The van der Waals surface area contributed by atoms with Gasteiger partial charge in [0.25, 0.3) is 0 Å². The first-order chi connectivity index (χ1) is 13.0. The smallest absolute Gasteiger partial charge is 0.246 e. The van der Waals surface area contributed by atoms with E-state index in [1.165, 1.54) is 23.1 Å². The summed E-state index contributed by atoms with van der Waals surface area (Å²) in [6.45, 7) is 3.73. The molecule has 2 heterocycles. The topological polar surface area (TPSA) is 55.2 Å². The van der Waals surface area contributed by atoms with Crippen molar-refractivity contribution in [2.45, 2.75) is 13.0 Å². The first kappa shape index (κ1) is 17.4. The summed E-state index contributed by atoms with van der Waals surface area (Å²) in [5.74, 6) is -0.987. The maximum absolute atomic E-state index is 13.4. The molecule has 1 N–H and O–H groups in total. The normalized spacial score (nSPS) is 14.3. The number of nitrogens with one attached hydrogen (secondary N) is 1. The average Bonchev–Trinajstić information content (AvgIpc) is 3.01. The van der Waals surface area contributed by atoms with Gasteiger partial charge in [-0.05, 0) is 42.8 Å². The van der Waals surface area contributed by atoms with Crippen molar-refractivity contribution in [3.63, 3.8) is 0 Å². The van der Waals surface area contributed by atoms with Gasteiger partial charge in [0.1, 0.15) is 18.0 Å². The van der Waals surface area contributed by atoms with Crippen LogP contribution in [0.25, 0.3) is 5.69 Å². The number of aromatic nitrogens is 3. The van der Waals surface area contributed by atoms with Gasteiger partial charge in [0.15, 0.2) is 0 Å². The third-order valence-electron chi connectivity index (χ3n) is 4.47. The van der Waals surface area contributed by atoms with E-state index in [4.69, 9.17) is 4.74 Å². The van der Waals surface area contributed by atoms with Crippen LogP contribution in [0.15, 0.2) is 42.7 Å². The third kappa shape index (κ3) is 3.75. The molecule has 0 aliphatic carbocycles. The van der Waals surface area contributed by atoms with E-state index in [1.54, 1.807) is 7.11 Å². The van der Waals surface area contributed by atoms with Gasteiger partial charge in [0.05, 0.1) is 11.8 Å². The third-order valence-corrected chi connectivity index (χ3v) is 4.47. The number of benzene rings is 2. The van der Waals surface area contributed by atoms with Gasteiger partial charge in [-0.3, -0.25) is 0 Å². The molecular weight excluding hydrogens is 352 g/mol. The second kappa shape index (κ2) is 6.96. The zero-order valence-corrected chi connectivity index (χ0v) is 15.0. The highest BCUT2D eigenvalue weighted by molar-refractivity contribution is 5.64. The van der Waals surface area contributed by atoms with E-state index in [-0.39, 0.29) is 13.2 Å². The Kier molecular flexibility index (Phi) is 4.49. The number of halogens is 2. The molecule has 6 nitrogen and oxygen atoms in total. The number of ether oxygens (including phenoxy) is 1. The van der Waals surface area contributed by atoms with E-state index in [1.807, 2.05) is 19.1 Å². The Hall–Kier alpha value is -3.00. The van der Waals surface area contributed by atoms with E-state index in [9.17, 15) is 8.78 Å². The first-order valence-corrected chi connectivity index (χ1v) is 8.55. The molecular formula is C19H21F2N5O. The molecule has 1 aliphatic heterocycles. The predicted molar refractivity (Wildman–Crippen MR) is 101 cm³/mol. The van der Waals surface area contributed by atoms with Crippen LogP contribution in [0.2, 0.25) is 0 Å². The van der Waals surface area contributed by atoms with Crippen molar-refractivity contribution in [2.75, 3.05) is 30.4 Å². The van der Waals surface area contributed by atoms with Crippen LogP contribution in [0.5, 0.6) is 0 Å². The minimum absolute atomic E-state index is 0. The Bertz CT molecular complexity index is 954. The van der Waals surface area contributed by atoms with Crippen molar-refractivity contribution in [3.05, 3.63) is 59.9 Å². The second-order valence-electron chi connectivity index (χ2n) is 6.59. The number of nitrogens with zero attached hydrogens (tertiary/aromatic N) is 4. The number of methoxy groups -OCH3 is 1. The minimum Gasteiger partial charge on any atom is -0.378 e. The van der Waals surface area contributed by atoms with Crippen molar-refractivity contribution in [2.24, 2.45) is 0 Å². The molecule has 0 spiro atoms. The molecule has 27 heavy (non-hydrogen) atoms. The summed E-state index contributed by atoms with van der Waals surface area (Å²) in [5, 5.41) is 7.39. The van der Waals surface area contributed by atoms with Crippen molar-refractivity contribution < 1.29 is 14.9 Å². The molecule has 1 fully saturated rings. The highest BCUT2D eigenvalue weighted by Gasteiger charge is 2.26. The second-order valence-corrected chi connectivity index (χ2v) is 6.59. The number of aryl methyl sites for hydroxylation is 1. The zero-order chi connectivity index (χ0) is 19.0. The maximum atomic E-state index is 13.4. The molecule has 142 valence electrons. The Balaban J connectivity index is 0.00000225. The van der Waals surface area contributed by atoms with Crippen LogP contribution < -0.4 is 10.2 Å². The fourth-order valence-electron chi connectivity index (χ4n) is 3.06. The summed E-state index contributed by atoms with van der Waals surface area (Å²) >= 11 is 0. The fourth-order valence-corrected chi connectivity index (χ4v) is 3.06. The Labute approximate surface area is 156 Å². The number of hydrogen-bond acceptors (Lipinski definition) is 5. The number of anilines is 3. The molecule has 0 amide bonds. The average molecular weight is 373 g/mol. The van der Waals surface area contributed by atoms with Crippen LogP contribution in [0, 0.1) is 18.6 Å². The quantitative estimate of drug-likeness (QED) is 0.739. The molecule has 2 aromatic carbocycles. The molecule has 0 unspecified atom stereocenters. The van der Waals surface area contributed by atoms with E-state index < -0.39 is 11.6 Å². The Morgan fingerprint density at radius 1 is 1.07 bits per heavy atom. The lowest BCUT2D eigenvalue weighted by molar-refractivity contribution is 0.0788. The van der Waals surface area contributed by atoms with Gasteiger partial charge in [-0.1, -0.05) is 0 Å². The molecule has 0 radical (unpaired) electrons.